The fourth-order valence-electron chi connectivity index (χ4n) is 3.41. The van der Waals surface area contributed by atoms with Gasteiger partial charge >= 0.3 is 5.97 Å². The zero-order chi connectivity index (χ0) is 18.8. The average molecular weight is 359 g/mol. The highest BCUT2D eigenvalue weighted by Gasteiger charge is 2.32. The number of carboxylic acids is 1. The van der Waals surface area contributed by atoms with Gasteiger partial charge in [0.25, 0.3) is 11.1 Å². The summed E-state index contributed by atoms with van der Waals surface area (Å²) in [7, 11) is 0. The van der Waals surface area contributed by atoms with Gasteiger partial charge in [-0.05, 0) is 31.9 Å². The molecule has 2 unspecified atom stereocenters. The van der Waals surface area contributed by atoms with Crippen molar-refractivity contribution in [2.75, 3.05) is 6.54 Å². The highest BCUT2D eigenvalue weighted by atomic mass is 16.4. The van der Waals surface area contributed by atoms with Gasteiger partial charge in [0.2, 0.25) is 5.91 Å². The molecule has 138 valence electrons. The first kappa shape index (κ1) is 17.9. The van der Waals surface area contributed by atoms with Gasteiger partial charge in [0, 0.05) is 19.0 Å². The van der Waals surface area contributed by atoms with E-state index in [1.54, 1.807) is 29.2 Å². The summed E-state index contributed by atoms with van der Waals surface area (Å²) >= 11 is 0. The van der Waals surface area contributed by atoms with Crippen molar-refractivity contribution < 1.29 is 14.7 Å². The van der Waals surface area contributed by atoms with Gasteiger partial charge in [0.15, 0.2) is 0 Å². The maximum atomic E-state index is 12.5. The van der Waals surface area contributed by atoms with Crippen molar-refractivity contribution >= 4 is 22.6 Å². The van der Waals surface area contributed by atoms with Crippen molar-refractivity contribution in [3.8, 4) is 0 Å². The van der Waals surface area contributed by atoms with Crippen LogP contribution >= 0.6 is 0 Å². The molecule has 1 fully saturated rings. The van der Waals surface area contributed by atoms with Crippen LogP contribution in [0.25, 0.3) is 10.8 Å². The molecule has 0 saturated carbocycles. The van der Waals surface area contributed by atoms with E-state index in [0.717, 1.165) is 4.68 Å². The first-order valence-corrected chi connectivity index (χ1v) is 8.62. The van der Waals surface area contributed by atoms with E-state index in [0.29, 0.717) is 23.6 Å². The second kappa shape index (κ2) is 7.15. The van der Waals surface area contributed by atoms with Gasteiger partial charge in [-0.15, -0.1) is 0 Å². The van der Waals surface area contributed by atoms with E-state index >= 15 is 0 Å². The third-order valence-corrected chi connectivity index (χ3v) is 4.98. The largest absolute Gasteiger partial charge is 0.481 e. The average Bonchev–Trinajstić information content (AvgIpc) is 2.63. The first-order chi connectivity index (χ1) is 12.4. The summed E-state index contributed by atoms with van der Waals surface area (Å²) < 4.78 is 1.14. The molecule has 26 heavy (non-hydrogen) atoms. The first-order valence-electron chi connectivity index (χ1n) is 8.62. The second-order valence-electron chi connectivity index (χ2n) is 6.70. The summed E-state index contributed by atoms with van der Waals surface area (Å²) in [5.41, 5.74) is -0.743. The fraction of sp³-hybridized carbons (Fsp3) is 0.444. The lowest BCUT2D eigenvalue weighted by molar-refractivity contribution is -0.147. The second-order valence-corrected chi connectivity index (χ2v) is 6.70. The molecule has 1 amide bonds. The number of hydrogen-bond acceptors (Lipinski definition) is 4. The van der Waals surface area contributed by atoms with E-state index in [-0.39, 0.29) is 42.6 Å². The normalized spacial score (nSPS) is 20.3. The van der Waals surface area contributed by atoms with E-state index in [1.165, 1.54) is 0 Å². The number of carbonyl (C=O) groups excluding carboxylic acids is 1. The van der Waals surface area contributed by atoms with Crippen molar-refractivity contribution in [1.82, 2.24) is 14.7 Å². The van der Waals surface area contributed by atoms with Crippen LogP contribution in [-0.4, -0.2) is 44.3 Å². The van der Waals surface area contributed by atoms with Crippen LogP contribution in [0.15, 0.2) is 33.9 Å². The number of aryl methyl sites for hydroxylation is 1. The Morgan fingerprint density at radius 1 is 1.19 bits per heavy atom. The van der Waals surface area contributed by atoms with E-state index < -0.39 is 11.9 Å². The van der Waals surface area contributed by atoms with Crippen molar-refractivity contribution in [3.05, 3.63) is 45.0 Å². The summed E-state index contributed by atoms with van der Waals surface area (Å²) in [6, 6.07) is 6.48. The minimum atomic E-state index is -0.898. The molecule has 1 aromatic carbocycles. The highest BCUT2D eigenvalue weighted by Crippen LogP contribution is 2.22. The van der Waals surface area contributed by atoms with Crippen molar-refractivity contribution in [3.63, 3.8) is 0 Å². The molecule has 1 saturated heterocycles. The van der Waals surface area contributed by atoms with Crippen LogP contribution < -0.4 is 11.1 Å². The molecule has 1 aliphatic heterocycles. The molecule has 0 spiro atoms. The Hall–Kier alpha value is -2.90. The number of H-pyrrole nitrogens is 1. The van der Waals surface area contributed by atoms with Gasteiger partial charge in [-0.1, -0.05) is 12.1 Å². The number of hydrogen-bond donors (Lipinski definition) is 2. The fourth-order valence-corrected chi connectivity index (χ4v) is 3.41. The standard InChI is InChI=1S/C18H21N3O5/c1-11-6-7-12(18(25)26)10-20(11)15(22)8-9-21-17(24)14-5-3-2-4-13(14)16(23)19-21/h2-5,11-12H,6-10H2,1H3,(H,19,23)(H,25,26). The lowest BCUT2D eigenvalue weighted by atomic mass is 9.93. The Bertz CT molecular complexity index is 961. The van der Waals surface area contributed by atoms with E-state index in [1.807, 2.05) is 6.92 Å². The summed E-state index contributed by atoms with van der Waals surface area (Å²) in [4.78, 5) is 49.8. The SMILES string of the molecule is CC1CCC(C(=O)O)CN1C(=O)CCn1[nH]c(=O)c2ccccc2c1=O. The van der Waals surface area contributed by atoms with Crippen LogP contribution in [0.2, 0.25) is 0 Å². The third-order valence-electron chi connectivity index (χ3n) is 4.98. The zero-order valence-corrected chi connectivity index (χ0v) is 14.5. The Labute approximate surface area is 149 Å². The number of likely N-dealkylation sites (tertiary alicyclic amines) is 1. The number of carbonyl (C=O) groups is 2. The number of nitrogens with one attached hydrogen (secondary N) is 1. The Morgan fingerprint density at radius 3 is 2.58 bits per heavy atom. The Morgan fingerprint density at radius 2 is 1.88 bits per heavy atom. The maximum absolute atomic E-state index is 12.5. The lowest BCUT2D eigenvalue weighted by Crippen LogP contribution is -2.47. The van der Waals surface area contributed by atoms with Crippen LogP contribution in [-0.2, 0) is 16.1 Å². The molecule has 8 nitrogen and oxygen atoms in total. The number of aromatic nitrogens is 2. The predicted octanol–water partition coefficient (Wildman–Crippen LogP) is 0.792. The lowest BCUT2D eigenvalue weighted by Gasteiger charge is -2.36. The van der Waals surface area contributed by atoms with Crippen molar-refractivity contribution in [1.29, 1.82) is 0 Å². The van der Waals surface area contributed by atoms with Crippen molar-refractivity contribution in [2.45, 2.75) is 38.8 Å². The number of aromatic amines is 1. The maximum Gasteiger partial charge on any atom is 0.308 e. The molecule has 3 rings (SSSR count). The van der Waals surface area contributed by atoms with Crippen LogP contribution in [0, 0.1) is 5.92 Å². The number of benzene rings is 1. The quantitative estimate of drug-likeness (QED) is 0.838. The molecule has 8 heteroatoms. The molecular formula is C18H21N3O5. The molecule has 2 aromatic rings. The number of amides is 1. The van der Waals surface area contributed by atoms with Crippen LogP contribution in [0.5, 0.6) is 0 Å². The Kier molecular flexibility index (Phi) is 4.92. The minimum absolute atomic E-state index is 0.0187. The van der Waals surface area contributed by atoms with E-state index in [9.17, 15) is 24.3 Å². The third kappa shape index (κ3) is 3.40. The van der Waals surface area contributed by atoms with E-state index in [2.05, 4.69) is 5.10 Å². The molecule has 2 heterocycles. The molecule has 0 bridgehead atoms. The van der Waals surface area contributed by atoms with Crippen LogP contribution in [0.1, 0.15) is 26.2 Å². The zero-order valence-electron chi connectivity index (χ0n) is 14.5. The number of aliphatic carboxylic acids is 1. The molecule has 0 aliphatic carbocycles. The van der Waals surface area contributed by atoms with E-state index in [4.69, 9.17) is 0 Å². The van der Waals surface area contributed by atoms with Gasteiger partial charge in [0.1, 0.15) is 0 Å². The van der Waals surface area contributed by atoms with Crippen LogP contribution in [0.4, 0.5) is 0 Å². The smallest absolute Gasteiger partial charge is 0.308 e. The van der Waals surface area contributed by atoms with Gasteiger partial charge < -0.3 is 10.0 Å². The number of nitrogens with zero attached hydrogens (tertiary/aromatic N) is 2. The van der Waals surface area contributed by atoms with Crippen LogP contribution in [0.3, 0.4) is 0 Å². The number of rotatable bonds is 4. The molecule has 0 radical (unpaired) electrons. The number of carboxylic acid groups (broad SMARTS) is 1. The summed E-state index contributed by atoms with van der Waals surface area (Å²) in [6.45, 7) is 2.11. The molecule has 2 N–H and O–H groups in total. The summed E-state index contributed by atoms with van der Waals surface area (Å²) in [5.74, 6) is -1.67. The monoisotopic (exact) mass is 359 g/mol. The highest BCUT2D eigenvalue weighted by molar-refractivity contribution is 5.80. The van der Waals surface area contributed by atoms with Gasteiger partial charge in [-0.2, -0.15) is 0 Å². The minimum Gasteiger partial charge on any atom is -0.481 e. The number of piperidine rings is 1. The topological polar surface area (TPSA) is 112 Å². The summed E-state index contributed by atoms with van der Waals surface area (Å²) in [6.07, 6.45) is 1.21. The Balaban J connectivity index is 1.76. The molecular weight excluding hydrogens is 338 g/mol. The molecule has 1 aliphatic rings. The van der Waals surface area contributed by atoms with Gasteiger partial charge in [0.05, 0.1) is 23.2 Å². The predicted molar refractivity (Wildman–Crippen MR) is 95.0 cm³/mol. The van der Waals surface area contributed by atoms with Crippen molar-refractivity contribution in [2.24, 2.45) is 5.92 Å². The number of fused-ring (bicyclic) bond motifs is 1. The molecule has 2 atom stereocenters. The van der Waals surface area contributed by atoms with Gasteiger partial charge in [-0.25, -0.2) is 4.68 Å². The molecule has 1 aromatic heterocycles. The summed E-state index contributed by atoms with van der Waals surface area (Å²) in [5, 5.41) is 12.3. The van der Waals surface area contributed by atoms with Gasteiger partial charge in [-0.3, -0.25) is 24.3 Å².